The largest absolute Gasteiger partial charge is 0.278 e. The Kier molecular flexibility index (Phi) is 2.06. The molecule has 74 valence electrons. The highest BCUT2D eigenvalue weighted by molar-refractivity contribution is 5.81. The van der Waals surface area contributed by atoms with E-state index < -0.39 is 0 Å². The second-order valence-corrected chi connectivity index (χ2v) is 4.99. The third-order valence-electron chi connectivity index (χ3n) is 2.28. The summed E-state index contributed by atoms with van der Waals surface area (Å²) >= 11 is 0. The molecular formula is C12H16N2. The highest BCUT2D eigenvalue weighted by atomic mass is 15.1. The summed E-state index contributed by atoms with van der Waals surface area (Å²) in [7, 11) is 0. The van der Waals surface area contributed by atoms with Gasteiger partial charge in [-0.2, -0.15) is 5.10 Å². The summed E-state index contributed by atoms with van der Waals surface area (Å²) in [4.78, 5) is 0. The summed E-state index contributed by atoms with van der Waals surface area (Å²) in [5.41, 5.74) is 2.86. The van der Waals surface area contributed by atoms with Gasteiger partial charge < -0.3 is 0 Å². The van der Waals surface area contributed by atoms with Gasteiger partial charge in [-0.05, 0) is 17.4 Å². The first-order valence-electron chi connectivity index (χ1n) is 4.97. The van der Waals surface area contributed by atoms with E-state index in [-0.39, 0.29) is 0 Å². The lowest BCUT2D eigenvalue weighted by Crippen LogP contribution is -2.09. The molecule has 0 saturated heterocycles. The number of H-pyrrole nitrogens is 1. The first-order chi connectivity index (χ1) is 6.56. The molecule has 0 fully saturated rings. The van der Waals surface area contributed by atoms with Gasteiger partial charge in [-0.3, -0.25) is 5.10 Å². The third kappa shape index (κ3) is 1.79. The van der Waals surface area contributed by atoms with E-state index in [0.29, 0.717) is 5.41 Å². The number of nitrogens with one attached hydrogen (secondary N) is 1. The minimum Gasteiger partial charge on any atom is -0.278 e. The van der Waals surface area contributed by atoms with Crippen molar-refractivity contribution in [3.8, 4) is 0 Å². The van der Waals surface area contributed by atoms with Crippen molar-refractivity contribution in [2.45, 2.75) is 27.2 Å². The topological polar surface area (TPSA) is 28.7 Å². The Bertz CT molecular complexity index is 435. The molecule has 2 nitrogen and oxygen atoms in total. The van der Waals surface area contributed by atoms with Gasteiger partial charge >= 0.3 is 0 Å². The fourth-order valence-corrected chi connectivity index (χ4v) is 1.75. The van der Waals surface area contributed by atoms with Crippen molar-refractivity contribution in [2.24, 2.45) is 5.41 Å². The van der Waals surface area contributed by atoms with Gasteiger partial charge in [0.1, 0.15) is 0 Å². The Balaban J connectivity index is 2.46. The molecule has 0 radical (unpaired) electrons. The molecule has 0 atom stereocenters. The van der Waals surface area contributed by atoms with Crippen molar-refractivity contribution in [2.75, 3.05) is 0 Å². The van der Waals surface area contributed by atoms with Crippen LogP contribution in [0.25, 0.3) is 10.9 Å². The maximum absolute atomic E-state index is 4.07. The van der Waals surface area contributed by atoms with Crippen molar-refractivity contribution >= 4 is 10.9 Å². The van der Waals surface area contributed by atoms with Gasteiger partial charge in [0.2, 0.25) is 0 Å². The summed E-state index contributed by atoms with van der Waals surface area (Å²) in [6.07, 6.45) is 2.95. The monoisotopic (exact) mass is 188 g/mol. The van der Waals surface area contributed by atoms with Crippen molar-refractivity contribution in [3.63, 3.8) is 0 Å². The van der Waals surface area contributed by atoms with Crippen molar-refractivity contribution in [3.05, 3.63) is 30.0 Å². The Morgan fingerprint density at radius 1 is 1.29 bits per heavy atom. The molecule has 1 aromatic carbocycles. The van der Waals surface area contributed by atoms with Crippen molar-refractivity contribution in [1.29, 1.82) is 0 Å². The van der Waals surface area contributed by atoms with Gasteiger partial charge in [-0.15, -0.1) is 0 Å². The van der Waals surface area contributed by atoms with Crippen LogP contribution in [0.4, 0.5) is 0 Å². The predicted molar refractivity (Wildman–Crippen MR) is 59.3 cm³/mol. The number of benzene rings is 1. The second kappa shape index (κ2) is 3.12. The lowest BCUT2D eigenvalue weighted by atomic mass is 9.87. The molecule has 0 amide bonds. The number of hydrogen-bond donors (Lipinski definition) is 1. The number of rotatable bonds is 1. The number of fused-ring (bicyclic) bond motifs is 1. The maximum atomic E-state index is 4.07. The fraction of sp³-hybridized carbons (Fsp3) is 0.417. The molecular weight excluding hydrogens is 172 g/mol. The smallest absolute Gasteiger partial charge is 0.0682 e. The summed E-state index contributed by atoms with van der Waals surface area (Å²) in [5, 5.41) is 8.33. The van der Waals surface area contributed by atoms with Gasteiger partial charge in [0.15, 0.2) is 0 Å². The normalized spacial score (nSPS) is 12.2. The number of aromatic nitrogens is 2. The maximum Gasteiger partial charge on any atom is 0.0682 e. The lowest BCUT2D eigenvalue weighted by molar-refractivity contribution is 0.412. The van der Waals surface area contributed by atoms with Crippen LogP contribution in [0, 0.1) is 5.41 Å². The Morgan fingerprint density at radius 2 is 2.07 bits per heavy atom. The molecule has 2 heteroatoms. The highest BCUT2D eigenvalue weighted by Crippen LogP contribution is 2.24. The van der Waals surface area contributed by atoms with E-state index in [2.05, 4.69) is 49.2 Å². The van der Waals surface area contributed by atoms with Crippen LogP contribution in [0.3, 0.4) is 0 Å². The summed E-state index contributed by atoms with van der Waals surface area (Å²) in [6, 6.07) is 6.36. The third-order valence-corrected chi connectivity index (χ3v) is 2.28. The zero-order valence-corrected chi connectivity index (χ0v) is 8.96. The molecule has 0 aliphatic carbocycles. The average Bonchev–Trinajstić information content (AvgIpc) is 2.49. The number of aromatic amines is 1. The summed E-state index contributed by atoms with van der Waals surface area (Å²) in [6.45, 7) is 6.76. The van der Waals surface area contributed by atoms with Crippen LogP contribution in [0.1, 0.15) is 26.3 Å². The fourth-order valence-electron chi connectivity index (χ4n) is 1.75. The first-order valence-corrected chi connectivity index (χ1v) is 4.97. The molecule has 0 bridgehead atoms. The molecule has 0 aliphatic heterocycles. The molecule has 0 saturated carbocycles. The van der Waals surface area contributed by atoms with Crippen LogP contribution in [0.15, 0.2) is 24.4 Å². The van der Waals surface area contributed by atoms with Gasteiger partial charge in [0, 0.05) is 5.39 Å². The van der Waals surface area contributed by atoms with Gasteiger partial charge in [0.25, 0.3) is 0 Å². The molecule has 2 aromatic rings. The number of para-hydroxylation sites is 1. The molecule has 1 heterocycles. The van der Waals surface area contributed by atoms with E-state index >= 15 is 0 Å². The minimum absolute atomic E-state index is 0.319. The van der Waals surface area contributed by atoms with Crippen molar-refractivity contribution < 1.29 is 0 Å². The van der Waals surface area contributed by atoms with Crippen LogP contribution in [-0.2, 0) is 6.42 Å². The summed E-state index contributed by atoms with van der Waals surface area (Å²) in [5.74, 6) is 0. The Labute approximate surface area is 84.3 Å². The van der Waals surface area contributed by atoms with Crippen molar-refractivity contribution in [1.82, 2.24) is 10.2 Å². The van der Waals surface area contributed by atoms with E-state index in [4.69, 9.17) is 0 Å². The molecule has 0 unspecified atom stereocenters. The molecule has 0 spiro atoms. The molecule has 0 aliphatic rings. The molecule has 14 heavy (non-hydrogen) atoms. The zero-order chi connectivity index (χ0) is 10.2. The SMILES string of the molecule is CC(C)(C)Cc1cccc2cn[nH]c12. The van der Waals surface area contributed by atoms with E-state index in [9.17, 15) is 0 Å². The quantitative estimate of drug-likeness (QED) is 0.731. The molecule has 1 N–H and O–H groups in total. The van der Waals surface area contributed by atoms with Crippen LogP contribution in [0.5, 0.6) is 0 Å². The minimum atomic E-state index is 0.319. The standard InChI is InChI=1S/C12H16N2/c1-12(2,3)7-9-5-4-6-10-8-13-14-11(9)10/h4-6,8H,7H2,1-3H3,(H,13,14). The summed E-state index contributed by atoms with van der Waals surface area (Å²) < 4.78 is 0. The second-order valence-electron chi connectivity index (χ2n) is 4.99. The molecule has 1 aromatic heterocycles. The lowest BCUT2D eigenvalue weighted by Gasteiger charge is -2.18. The average molecular weight is 188 g/mol. The molecule has 2 rings (SSSR count). The van der Waals surface area contributed by atoms with E-state index in [1.165, 1.54) is 16.5 Å². The number of nitrogens with zero attached hydrogens (tertiary/aromatic N) is 1. The van der Waals surface area contributed by atoms with Crippen LogP contribution in [-0.4, -0.2) is 10.2 Å². The van der Waals surface area contributed by atoms with Crippen LogP contribution in [0.2, 0.25) is 0 Å². The highest BCUT2D eigenvalue weighted by Gasteiger charge is 2.13. The zero-order valence-electron chi connectivity index (χ0n) is 8.96. The Morgan fingerprint density at radius 3 is 2.79 bits per heavy atom. The van der Waals surface area contributed by atoms with E-state index in [1.807, 2.05) is 6.20 Å². The van der Waals surface area contributed by atoms with E-state index in [1.54, 1.807) is 0 Å². The van der Waals surface area contributed by atoms with Gasteiger partial charge in [-0.1, -0.05) is 39.0 Å². The first kappa shape index (κ1) is 9.25. The van der Waals surface area contributed by atoms with Crippen LogP contribution >= 0.6 is 0 Å². The van der Waals surface area contributed by atoms with Crippen LogP contribution < -0.4 is 0 Å². The van der Waals surface area contributed by atoms with Gasteiger partial charge in [-0.25, -0.2) is 0 Å². The van der Waals surface area contributed by atoms with E-state index in [0.717, 1.165) is 6.42 Å². The number of hydrogen-bond acceptors (Lipinski definition) is 1. The Hall–Kier alpha value is -1.31. The predicted octanol–water partition coefficient (Wildman–Crippen LogP) is 3.15. The van der Waals surface area contributed by atoms with Gasteiger partial charge in [0.05, 0.1) is 11.7 Å².